The van der Waals surface area contributed by atoms with Crippen LogP contribution in [0.3, 0.4) is 0 Å². The second-order valence-electron chi connectivity index (χ2n) is 3.79. The Morgan fingerprint density at radius 3 is 2.75 bits per heavy atom. The van der Waals surface area contributed by atoms with Gasteiger partial charge in [0.1, 0.15) is 11.4 Å². The Balaban J connectivity index is 2.78. The molecule has 0 aliphatic heterocycles. The molecule has 0 aliphatic carbocycles. The van der Waals surface area contributed by atoms with Gasteiger partial charge in [0.25, 0.3) is 0 Å². The van der Waals surface area contributed by atoms with Gasteiger partial charge in [0, 0.05) is 20.1 Å². The summed E-state index contributed by atoms with van der Waals surface area (Å²) in [5.41, 5.74) is -0.485. The molecule has 1 N–H and O–H groups in total. The third-order valence-corrected chi connectivity index (χ3v) is 2.34. The molecule has 3 nitrogen and oxygen atoms in total. The topological polar surface area (TPSA) is 45.0 Å². The molecule has 0 amide bonds. The fraction of sp³-hybridized carbons (Fsp3) is 0.417. The predicted octanol–water partition coefficient (Wildman–Crippen LogP) is 2.56. The number of methoxy groups -OCH3 is 1. The van der Waals surface area contributed by atoms with Crippen molar-refractivity contribution >= 4 is 5.69 Å². The summed E-state index contributed by atoms with van der Waals surface area (Å²) in [6.45, 7) is 2.17. The lowest BCUT2D eigenvalue weighted by atomic mass is 10.00. The van der Waals surface area contributed by atoms with Crippen LogP contribution in [0.15, 0.2) is 24.3 Å². The van der Waals surface area contributed by atoms with E-state index in [1.165, 1.54) is 6.07 Å². The molecule has 1 rings (SSSR count). The number of para-hydroxylation sites is 1. The average Bonchev–Trinajstić information content (AvgIpc) is 2.30. The van der Waals surface area contributed by atoms with Crippen molar-refractivity contribution in [2.45, 2.75) is 18.9 Å². The van der Waals surface area contributed by atoms with E-state index < -0.39 is 5.54 Å². The molecule has 0 spiro atoms. The van der Waals surface area contributed by atoms with Gasteiger partial charge in [-0.2, -0.15) is 5.26 Å². The van der Waals surface area contributed by atoms with E-state index in [1.54, 1.807) is 32.2 Å². The molecule has 0 saturated carbocycles. The molecule has 16 heavy (non-hydrogen) atoms. The van der Waals surface area contributed by atoms with Crippen LogP contribution in [-0.2, 0) is 4.74 Å². The van der Waals surface area contributed by atoms with Gasteiger partial charge in [-0.05, 0) is 19.1 Å². The van der Waals surface area contributed by atoms with Crippen molar-refractivity contribution in [2.75, 3.05) is 19.0 Å². The van der Waals surface area contributed by atoms with E-state index in [2.05, 4.69) is 11.4 Å². The third kappa shape index (κ3) is 3.21. The molecule has 1 aromatic carbocycles. The first-order valence-electron chi connectivity index (χ1n) is 5.04. The number of hydrogen-bond acceptors (Lipinski definition) is 3. The van der Waals surface area contributed by atoms with E-state index in [0.717, 1.165) is 0 Å². The van der Waals surface area contributed by atoms with Gasteiger partial charge in [-0.1, -0.05) is 12.1 Å². The van der Waals surface area contributed by atoms with Crippen molar-refractivity contribution in [3.63, 3.8) is 0 Å². The van der Waals surface area contributed by atoms with Gasteiger partial charge in [-0.25, -0.2) is 4.39 Å². The summed E-state index contributed by atoms with van der Waals surface area (Å²) in [6.07, 6.45) is 0.494. The van der Waals surface area contributed by atoms with Crippen molar-refractivity contribution in [3.8, 4) is 6.07 Å². The van der Waals surface area contributed by atoms with Crippen molar-refractivity contribution in [1.29, 1.82) is 5.26 Å². The molecule has 0 radical (unpaired) electrons. The predicted molar refractivity (Wildman–Crippen MR) is 60.5 cm³/mol. The highest BCUT2D eigenvalue weighted by Crippen LogP contribution is 2.20. The number of nitriles is 1. The Hall–Kier alpha value is -1.60. The molecule has 1 atom stereocenters. The van der Waals surface area contributed by atoms with Crippen LogP contribution in [0.4, 0.5) is 10.1 Å². The first-order valence-corrected chi connectivity index (χ1v) is 5.04. The molecule has 0 fully saturated rings. The van der Waals surface area contributed by atoms with E-state index in [-0.39, 0.29) is 5.82 Å². The zero-order valence-electron chi connectivity index (χ0n) is 9.46. The summed E-state index contributed by atoms with van der Waals surface area (Å²) in [6, 6.07) is 8.43. The van der Waals surface area contributed by atoms with Gasteiger partial charge in [-0.3, -0.25) is 0 Å². The molecule has 0 heterocycles. The van der Waals surface area contributed by atoms with Gasteiger partial charge >= 0.3 is 0 Å². The van der Waals surface area contributed by atoms with Crippen molar-refractivity contribution in [3.05, 3.63) is 30.1 Å². The van der Waals surface area contributed by atoms with Crippen LogP contribution >= 0.6 is 0 Å². The minimum Gasteiger partial charge on any atom is -0.385 e. The standard InChI is InChI=1S/C12H15FN2O/c1-12(9-14,7-8-16-2)15-11-6-4-3-5-10(11)13/h3-6,15H,7-8H2,1-2H3. The van der Waals surface area contributed by atoms with E-state index in [1.807, 2.05) is 0 Å². The maximum atomic E-state index is 13.4. The molecular formula is C12H15FN2O. The van der Waals surface area contributed by atoms with Crippen LogP contribution in [-0.4, -0.2) is 19.3 Å². The summed E-state index contributed by atoms with van der Waals surface area (Å²) < 4.78 is 18.3. The lowest BCUT2D eigenvalue weighted by Gasteiger charge is -2.24. The van der Waals surface area contributed by atoms with Crippen LogP contribution in [0.25, 0.3) is 0 Å². The second kappa shape index (κ2) is 5.47. The zero-order valence-corrected chi connectivity index (χ0v) is 9.46. The minimum atomic E-state index is -0.821. The number of nitrogens with zero attached hydrogens (tertiary/aromatic N) is 1. The number of nitrogens with one attached hydrogen (secondary N) is 1. The lowest BCUT2D eigenvalue weighted by Crippen LogP contribution is -2.34. The molecular weight excluding hydrogens is 207 g/mol. The van der Waals surface area contributed by atoms with Crippen LogP contribution in [0, 0.1) is 17.1 Å². The molecule has 0 bridgehead atoms. The minimum absolute atomic E-state index is 0.336. The fourth-order valence-electron chi connectivity index (χ4n) is 1.31. The van der Waals surface area contributed by atoms with E-state index in [0.29, 0.717) is 18.7 Å². The SMILES string of the molecule is COCCC(C)(C#N)Nc1ccccc1F. The molecule has 1 unspecified atom stereocenters. The summed E-state index contributed by atoms with van der Waals surface area (Å²) in [5, 5.41) is 12.0. The molecule has 0 saturated heterocycles. The van der Waals surface area contributed by atoms with E-state index in [9.17, 15) is 4.39 Å². The maximum Gasteiger partial charge on any atom is 0.146 e. The molecule has 1 aromatic rings. The molecule has 0 aromatic heterocycles. The zero-order chi connectivity index (χ0) is 12.0. The summed E-state index contributed by atoms with van der Waals surface area (Å²) >= 11 is 0. The molecule has 4 heteroatoms. The maximum absolute atomic E-state index is 13.4. The third-order valence-electron chi connectivity index (χ3n) is 2.34. The Bertz CT molecular complexity index is 389. The average molecular weight is 222 g/mol. The number of ether oxygens (including phenoxy) is 1. The smallest absolute Gasteiger partial charge is 0.146 e. The lowest BCUT2D eigenvalue weighted by molar-refractivity contribution is 0.184. The molecule has 0 aliphatic rings. The highest BCUT2D eigenvalue weighted by Gasteiger charge is 2.24. The van der Waals surface area contributed by atoms with Gasteiger partial charge in [0.15, 0.2) is 0 Å². The number of halogens is 1. The van der Waals surface area contributed by atoms with Gasteiger partial charge < -0.3 is 10.1 Å². The Labute approximate surface area is 94.8 Å². The van der Waals surface area contributed by atoms with Crippen LogP contribution in [0.1, 0.15) is 13.3 Å². The Kier molecular flexibility index (Phi) is 4.27. The molecule has 86 valence electrons. The number of anilines is 1. The highest BCUT2D eigenvalue weighted by atomic mass is 19.1. The number of rotatable bonds is 5. The van der Waals surface area contributed by atoms with Crippen LogP contribution in [0.2, 0.25) is 0 Å². The van der Waals surface area contributed by atoms with Crippen molar-refractivity contribution in [2.24, 2.45) is 0 Å². The van der Waals surface area contributed by atoms with Crippen molar-refractivity contribution < 1.29 is 9.13 Å². The largest absolute Gasteiger partial charge is 0.385 e. The monoisotopic (exact) mass is 222 g/mol. The van der Waals surface area contributed by atoms with E-state index in [4.69, 9.17) is 10.00 Å². The van der Waals surface area contributed by atoms with E-state index >= 15 is 0 Å². The second-order valence-corrected chi connectivity index (χ2v) is 3.79. The Morgan fingerprint density at radius 1 is 1.50 bits per heavy atom. The van der Waals surface area contributed by atoms with Gasteiger partial charge in [-0.15, -0.1) is 0 Å². The van der Waals surface area contributed by atoms with Crippen LogP contribution in [0.5, 0.6) is 0 Å². The summed E-state index contributed by atoms with van der Waals surface area (Å²) in [7, 11) is 1.57. The van der Waals surface area contributed by atoms with Crippen molar-refractivity contribution in [1.82, 2.24) is 0 Å². The van der Waals surface area contributed by atoms with Gasteiger partial charge in [0.2, 0.25) is 0 Å². The first kappa shape index (κ1) is 12.5. The summed E-state index contributed by atoms with van der Waals surface area (Å²) in [5.74, 6) is -0.360. The quantitative estimate of drug-likeness (QED) is 0.832. The highest BCUT2D eigenvalue weighted by molar-refractivity contribution is 5.48. The fourth-order valence-corrected chi connectivity index (χ4v) is 1.31. The Morgan fingerprint density at radius 2 is 2.19 bits per heavy atom. The normalized spacial score (nSPS) is 13.9. The number of hydrogen-bond donors (Lipinski definition) is 1. The summed E-state index contributed by atoms with van der Waals surface area (Å²) in [4.78, 5) is 0. The first-order chi connectivity index (χ1) is 7.61. The van der Waals surface area contributed by atoms with Crippen LogP contribution < -0.4 is 5.32 Å². The number of benzene rings is 1. The van der Waals surface area contributed by atoms with Gasteiger partial charge in [0.05, 0.1) is 11.8 Å².